The van der Waals surface area contributed by atoms with Crippen molar-refractivity contribution in [2.45, 2.75) is 18.4 Å². The molecule has 0 aromatic carbocycles. The van der Waals surface area contributed by atoms with Crippen LogP contribution in [0.2, 0.25) is 0 Å². The number of carbonyl (C=O) groups is 3. The van der Waals surface area contributed by atoms with E-state index in [1.165, 1.54) is 0 Å². The third kappa shape index (κ3) is 12.0. The van der Waals surface area contributed by atoms with Crippen LogP contribution in [-0.4, -0.2) is 43.9 Å². The van der Waals surface area contributed by atoms with Gasteiger partial charge in [0, 0.05) is 0 Å². The molecule has 0 unspecified atom stereocenters. The minimum absolute atomic E-state index is 0. The number of carboxylic acids is 3. The fraction of sp³-hybridized carbons (Fsp3) is 0.500. The quantitative estimate of drug-likeness (QED) is 0.361. The molecule has 0 rings (SSSR count). The summed E-state index contributed by atoms with van der Waals surface area (Å²) >= 11 is 0. The molecule has 0 amide bonds. The Labute approximate surface area is 125 Å². The van der Waals surface area contributed by atoms with Gasteiger partial charge in [-0.2, -0.15) is 0 Å². The van der Waals surface area contributed by atoms with Crippen molar-refractivity contribution in [3.05, 3.63) is 0 Å². The molecule has 11 heteroatoms. The zero-order valence-electron chi connectivity index (χ0n) is 7.92. The van der Waals surface area contributed by atoms with Gasteiger partial charge in [0.05, 0.1) is 12.8 Å². The molecule has 0 heterocycles. The fourth-order valence-electron chi connectivity index (χ4n) is 0.714. The minimum Gasteiger partial charge on any atom is -1.00 e. The fourth-order valence-corrected chi connectivity index (χ4v) is 0.714. The van der Waals surface area contributed by atoms with Crippen LogP contribution in [0.4, 0.5) is 0 Å². The monoisotopic (exact) mass is 353 g/mol. The summed E-state index contributed by atoms with van der Waals surface area (Å²) < 4.78 is 0. The van der Waals surface area contributed by atoms with Crippen LogP contribution in [0.15, 0.2) is 0 Å². The number of halogens is 3. The van der Waals surface area contributed by atoms with Crippen LogP contribution in [0.5, 0.6) is 0 Å². The Balaban J connectivity index is -0.000000120. The maximum absolute atomic E-state index is 10.3. The summed E-state index contributed by atoms with van der Waals surface area (Å²) in [5.41, 5.74) is -2.74. The molecule has 0 aromatic rings. The van der Waals surface area contributed by atoms with Crippen LogP contribution >= 0.6 is 0 Å². The van der Waals surface area contributed by atoms with Crippen molar-refractivity contribution < 1.29 is 89.1 Å². The molecule has 1 radical (unpaired) electrons. The topological polar surface area (TPSA) is 132 Å². The van der Waals surface area contributed by atoms with E-state index in [1.807, 2.05) is 0 Å². The Bertz CT molecular complexity index is 244. The first-order valence-electron chi connectivity index (χ1n) is 3.17. The first kappa shape index (κ1) is 30.1. The molecule has 0 aliphatic rings. The molecule has 0 aromatic heterocycles. The molecule has 0 saturated carbocycles. The van der Waals surface area contributed by atoms with Crippen molar-refractivity contribution in [1.29, 1.82) is 0 Å². The van der Waals surface area contributed by atoms with Crippen LogP contribution in [0.1, 0.15) is 12.8 Å². The Morgan fingerprint density at radius 1 is 0.824 bits per heavy atom. The standard InChI is InChI=1S/C6H8O7.3ClH.Fe/c7-3(8)1-6(13,5(11)12)2-4(9)10;;;;/h13H,1-2H2,(H,7,8)(H,9,10)(H,11,12);3*1H;/q;;;;+3/p-3. The van der Waals surface area contributed by atoms with Crippen LogP contribution in [0.25, 0.3) is 0 Å². The molecule has 0 fully saturated rings. The van der Waals surface area contributed by atoms with Crippen molar-refractivity contribution in [2.24, 2.45) is 0 Å². The summed E-state index contributed by atoms with van der Waals surface area (Å²) in [6.45, 7) is 0. The molecule has 0 saturated heterocycles. The maximum Gasteiger partial charge on any atom is 3.00 e. The molecule has 0 atom stereocenters. The normalized spacial score (nSPS) is 8.29. The van der Waals surface area contributed by atoms with E-state index in [1.54, 1.807) is 0 Å². The van der Waals surface area contributed by atoms with Gasteiger partial charge in [0.1, 0.15) is 0 Å². The smallest absolute Gasteiger partial charge is 1.00 e. The summed E-state index contributed by atoms with van der Waals surface area (Å²) in [7, 11) is 0. The van der Waals surface area contributed by atoms with Crippen molar-refractivity contribution in [3.8, 4) is 0 Å². The van der Waals surface area contributed by atoms with Gasteiger partial charge in [0.15, 0.2) is 5.60 Å². The number of hydrogen-bond acceptors (Lipinski definition) is 4. The Morgan fingerprint density at radius 2 is 1.06 bits per heavy atom. The first-order chi connectivity index (χ1) is 5.78. The van der Waals surface area contributed by atoms with Gasteiger partial charge in [-0.1, -0.05) is 0 Å². The number of rotatable bonds is 5. The summed E-state index contributed by atoms with van der Waals surface area (Å²) in [6, 6.07) is 0. The van der Waals surface area contributed by atoms with Gasteiger partial charge in [0.25, 0.3) is 0 Å². The predicted octanol–water partition coefficient (Wildman–Crippen LogP) is -10.2. The van der Waals surface area contributed by atoms with Crippen LogP contribution in [-0.2, 0) is 31.5 Å². The Kier molecular flexibility index (Phi) is 21.6. The second-order valence-corrected chi connectivity index (χ2v) is 2.48. The van der Waals surface area contributed by atoms with Gasteiger partial charge in [-0.15, -0.1) is 0 Å². The Morgan fingerprint density at radius 3 is 1.18 bits per heavy atom. The SMILES string of the molecule is O=C(O)CC(O)(CC(=O)O)C(=O)O.[Cl-].[Cl-].[Cl-].[Fe+3]. The van der Waals surface area contributed by atoms with E-state index in [2.05, 4.69) is 0 Å². The molecule has 7 nitrogen and oxygen atoms in total. The third-order valence-corrected chi connectivity index (χ3v) is 1.29. The van der Waals surface area contributed by atoms with Crippen molar-refractivity contribution in [2.75, 3.05) is 0 Å². The van der Waals surface area contributed by atoms with Gasteiger partial charge in [0.2, 0.25) is 0 Å². The van der Waals surface area contributed by atoms with E-state index in [0.717, 1.165) is 0 Å². The Hall–Kier alpha value is -0.241. The van der Waals surface area contributed by atoms with E-state index in [9.17, 15) is 14.4 Å². The van der Waals surface area contributed by atoms with Crippen molar-refractivity contribution >= 4 is 17.9 Å². The molecule has 17 heavy (non-hydrogen) atoms. The van der Waals surface area contributed by atoms with E-state index in [-0.39, 0.29) is 54.3 Å². The largest absolute Gasteiger partial charge is 3.00 e. The number of aliphatic carboxylic acids is 3. The van der Waals surface area contributed by atoms with E-state index in [4.69, 9.17) is 20.4 Å². The number of hydrogen-bond donors (Lipinski definition) is 4. The van der Waals surface area contributed by atoms with Crippen LogP contribution in [0, 0.1) is 0 Å². The molecular formula is C6H8Cl3FeO7. The van der Waals surface area contributed by atoms with Crippen LogP contribution in [0.3, 0.4) is 0 Å². The average Bonchev–Trinajstić information content (AvgIpc) is 1.82. The summed E-state index contributed by atoms with van der Waals surface area (Å²) in [4.78, 5) is 30.5. The number of carboxylic acid groups (broad SMARTS) is 3. The van der Waals surface area contributed by atoms with Crippen molar-refractivity contribution in [3.63, 3.8) is 0 Å². The molecule has 4 N–H and O–H groups in total. The first-order valence-corrected chi connectivity index (χ1v) is 3.17. The van der Waals surface area contributed by atoms with E-state index in [0.29, 0.717) is 0 Å². The zero-order valence-corrected chi connectivity index (χ0v) is 11.3. The average molecular weight is 354 g/mol. The summed E-state index contributed by atoms with van der Waals surface area (Å²) in [5, 5.41) is 33.8. The summed E-state index contributed by atoms with van der Waals surface area (Å²) in [5.74, 6) is -5.02. The van der Waals surface area contributed by atoms with Gasteiger partial charge >= 0.3 is 35.0 Å². The molecule has 0 aliphatic heterocycles. The van der Waals surface area contributed by atoms with Gasteiger partial charge < -0.3 is 57.6 Å². The molecule has 0 bridgehead atoms. The summed E-state index contributed by atoms with van der Waals surface area (Å²) in [6.07, 6.45) is -2.29. The molecule has 103 valence electrons. The van der Waals surface area contributed by atoms with Gasteiger partial charge in [-0.3, -0.25) is 9.59 Å². The number of aliphatic hydroxyl groups is 1. The molecule has 0 aliphatic carbocycles. The molecular weight excluding hydrogens is 346 g/mol. The van der Waals surface area contributed by atoms with Crippen molar-refractivity contribution in [1.82, 2.24) is 0 Å². The van der Waals surface area contributed by atoms with E-state index < -0.39 is 36.4 Å². The van der Waals surface area contributed by atoms with Gasteiger partial charge in [-0.05, 0) is 0 Å². The predicted molar refractivity (Wildman–Crippen MR) is 37.1 cm³/mol. The van der Waals surface area contributed by atoms with E-state index >= 15 is 0 Å². The minimum atomic E-state index is -2.74. The second kappa shape index (κ2) is 12.2. The van der Waals surface area contributed by atoms with Crippen LogP contribution < -0.4 is 37.2 Å². The third-order valence-electron chi connectivity index (χ3n) is 1.29. The second-order valence-electron chi connectivity index (χ2n) is 2.48. The molecule has 0 spiro atoms. The van der Waals surface area contributed by atoms with Gasteiger partial charge in [-0.25, -0.2) is 4.79 Å². The zero-order chi connectivity index (χ0) is 10.6. The maximum atomic E-state index is 10.3.